The zero-order chi connectivity index (χ0) is 15.5. The molecule has 5 nitrogen and oxygen atoms in total. The van der Waals surface area contributed by atoms with Crippen LogP contribution >= 0.6 is 0 Å². The van der Waals surface area contributed by atoms with E-state index in [1.54, 1.807) is 11.8 Å². The number of carbonyl (C=O) groups is 1. The molecule has 0 N–H and O–H groups in total. The molecule has 1 amide bonds. The predicted octanol–water partition coefficient (Wildman–Crippen LogP) is 1.03. The zero-order valence-electron chi connectivity index (χ0n) is 12.6. The van der Waals surface area contributed by atoms with Gasteiger partial charge >= 0.3 is 0 Å². The highest BCUT2D eigenvalue weighted by Crippen LogP contribution is 2.12. The maximum absolute atomic E-state index is 12.3. The summed E-state index contributed by atoms with van der Waals surface area (Å²) in [6.07, 6.45) is 0.382. The summed E-state index contributed by atoms with van der Waals surface area (Å²) in [5.41, 5.74) is 2.14. The van der Waals surface area contributed by atoms with E-state index in [-0.39, 0.29) is 11.7 Å². The van der Waals surface area contributed by atoms with Gasteiger partial charge in [-0.3, -0.25) is 4.79 Å². The van der Waals surface area contributed by atoms with Crippen molar-refractivity contribution in [3.63, 3.8) is 0 Å². The fourth-order valence-corrected chi connectivity index (χ4v) is 3.57. The van der Waals surface area contributed by atoms with Crippen LogP contribution in [-0.2, 0) is 21.2 Å². The summed E-state index contributed by atoms with van der Waals surface area (Å²) < 4.78 is 25.1. The smallest absolute Gasteiger partial charge is 0.227 e. The van der Waals surface area contributed by atoms with Crippen molar-refractivity contribution in [3.05, 3.63) is 35.4 Å². The summed E-state index contributed by atoms with van der Waals surface area (Å²) in [5.74, 6) is 0.183. The number of sulfonamides is 1. The third kappa shape index (κ3) is 3.83. The standard InChI is InChI=1S/C15H22N2O3S/c1-3-21(19,20)17-10-8-16(9-11-17)15(18)12-14-7-5-4-6-13(14)2/h4-7H,3,8-12H2,1-2H3. The second-order valence-electron chi connectivity index (χ2n) is 5.28. The van der Waals surface area contributed by atoms with E-state index in [0.717, 1.165) is 11.1 Å². The van der Waals surface area contributed by atoms with E-state index < -0.39 is 10.0 Å². The van der Waals surface area contributed by atoms with Crippen LogP contribution in [0.1, 0.15) is 18.1 Å². The Bertz CT molecular complexity index is 605. The molecule has 1 aromatic carbocycles. The number of hydrogen-bond donors (Lipinski definition) is 0. The first-order valence-electron chi connectivity index (χ1n) is 7.24. The van der Waals surface area contributed by atoms with Crippen LogP contribution in [0.15, 0.2) is 24.3 Å². The van der Waals surface area contributed by atoms with Gasteiger partial charge in [-0.15, -0.1) is 0 Å². The van der Waals surface area contributed by atoms with E-state index >= 15 is 0 Å². The van der Waals surface area contributed by atoms with Gasteiger partial charge in [0.15, 0.2) is 0 Å². The fraction of sp³-hybridized carbons (Fsp3) is 0.533. The number of amides is 1. The van der Waals surface area contributed by atoms with E-state index in [4.69, 9.17) is 0 Å². The van der Waals surface area contributed by atoms with Crippen LogP contribution in [0.3, 0.4) is 0 Å². The van der Waals surface area contributed by atoms with Crippen molar-refractivity contribution in [1.29, 1.82) is 0 Å². The number of benzene rings is 1. The van der Waals surface area contributed by atoms with E-state index in [9.17, 15) is 13.2 Å². The Morgan fingerprint density at radius 1 is 1.14 bits per heavy atom. The minimum absolute atomic E-state index is 0.0675. The molecule has 0 atom stereocenters. The van der Waals surface area contributed by atoms with Crippen LogP contribution in [0.5, 0.6) is 0 Å². The van der Waals surface area contributed by atoms with Gasteiger partial charge in [0.1, 0.15) is 0 Å². The number of carbonyl (C=O) groups excluding carboxylic acids is 1. The summed E-state index contributed by atoms with van der Waals surface area (Å²) in [4.78, 5) is 14.1. The average Bonchev–Trinajstić information content (AvgIpc) is 2.49. The van der Waals surface area contributed by atoms with Crippen LogP contribution in [0.2, 0.25) is 0 Å². The first kappa shape index (κ1) is 16.0. The molecule has 0 aromatic heterocycles. The number of aryl methyl sites for hydroxylation is 1. The van der Waals surface area contributed by atoms with Crippen LogP contribution < -0.4 is 0 Å². The fourth-order valence-electron chi connectivity index (χ4n) is 2.48. The molecule has 0 radical (unpaired) electrons. The van der Waals surface area contributed by atoms with Gasteiger partial charge < -0.3 is 4.90 Å². The van der Waals surface area contributed by atoms with Crippen LogP contribution in [0.4, 0.5) is 0 Å². The summed E-state index contributed by atoms with van der Waals surface area (Å²) in [6.45, 7) is 5.39. The monoisotopic (exact) mass is 310 g/mol. The van der Waals surface area contributed by atoms with Gasteiger partial charge in [0.05, 0.1) is 12.2 Å². The highest BCUT2D eigenvalue weighted by molar-refractivity contribution is 7.89. The lowest BCUT2D eigenvalue weighted by Gasteiger charge is -2.34. The summed E-state index contributed by atoms with van der Waals surface area (Å²) in [6, 6.07) is 7.85. The first-order valence-corrected chi connectivity index (χ1v) is 8.85. The molecule has 2 rings (SSSR count). The molecule has 1 aliphatic rings. The molecule has 0 bridgehead atoms. The minimum atomic E-state index is -3.14. The van der Waals surface area contributed by atoms with Crippen molar-refractivity contribution < 1.29 is 13.2 Å². The van der Waals surface area contributed by atoms with E-state index in [1.165, 1.54) is 4.31 Å². The Balaban J connectivity index is 1.94. The molecule has 1 fully saturated rings. The van der Waals surface area contributed by atoms with Crippen molar-refractivity contribution in [2.75, 3.05) is 31.9 Å². The Labute approximate surface area is 126 Å². The highest BCUT2D eigenvalue weighted by Gasteiger charge is 2.27. The van der Waals surface area contributed by atoms with Gasteiger partial charge in [-0.2, -0.15) is 4.31 Å². The summed E-state index contributed by atoms with van der Waals surface area (Å²) in [7, 11) is -3.14. The van der Waals surface area contributed by atoms with Crippen LogP contribution in [-0.4, -0.2) is 55.5 Å². The lowest BCUT2D eigenvalue weighted by molar-refractivity contribution is -0.131. The SMILES string of the molecule is CCS(=O)(=O)N1CCN(C(=O)Cc2ccccc2C)CC1. The molecule has 1 aliphatic heterocycles. The molecular weight excluding hydrogens is 288 g/mol. The lowest BCUT2D eigenvalue weighted by Crippen LogP contribution is -2.51. The molecule has 116 valence electrons. The van der Waals surface area contributed by atoms with Gasteiger partial charge in [0.2, 0.25) is 15.9 Å². The van der Waals surface area contributed by atoms with Crippen molar-refractivity contribution in [2.24, 2.45) is 0 Å². The van der Waals surface area contributed by atoms with Crippen molar-refractivity contribution >= 4 is 15.9 Å². The topological polar surface area (TPSA) is 57.7 Å². The van der Waals surface area contributed by atoms with E-state index in [1.807, 2.05) is 31.2 Å². The first-order chi connectivity index (χ1) is 9.94. The van der Waals surface area contributed by atoms with Gasteiger partial charge in [-0.25, -0.2) is 8.42 Å². The Morgan fingerprint density at radius 2 is 1.76 bits per heavy atom. The normalized spacial score (nSPS) is 17.0. The number of rotatable bonds is 4. The Hall–Kier alpha value is -1.40. The molecule has 1 saturated heterocycles. The summed E-state index contributed by atoms with van der Waals surface area (Å²) >= 11 is 0. The van der Waals surface area contributed by atoms with Crippen molar-refractivity contribution in [2.45, 2.75) is 20.3 Å². The molecular formula is C15H22N2O3S. The second kappa shape index (κ2) is 6.58. The molecule has 0 aliphatic carbocycles. The molecule has 0 unspecified atom stereocenters. The Kier molecular flexibility index (Phi) is 5.00. The second-order valence-corrected chi connectivity index (χ2v) is 7.54. The van der Waals surface area contributed by atoms with Gasteiger partial charge in [-0.1, -0.05) is 24.3 Å². The van der Waals surface area contributed by atoms with E-state index in [0.29, 0.717) is 32.6 Å². The predicted molar refractivity (Wildman–Crippen MR) is 82.5 cm³/mol. The minimum Gasteiger partial charge on any atom is -0.340 e. The molecule has 21 heavy (non-hydrogen) atoms. The Morgan fingerprint density at radius 3 is 2.33 bits per heavy atom. The lowest BCUT2D eigenvalue weighted by atomic mass is 10.1. The number of piperazine rings is 1. The van der Waals surface area contributed by atoms with E-state index in [2.05, 4.69) is 0 Å². The third-order valence-electron chi connectivity index (χ3n) is 3.95. The van der Waals surface area contributed by atoms with Crippen LogP contribution in [0.25, 0.3) is 0 Å². The third-order valence-corrected chi connectivity index (χ3v) is 5.83. The van der Waals surface area contributed by atoms with Crippen molar-refractivity contribution in [1.82, 2.24) is 9.21 Å². The van der Waals surface area contributed by atoms with Gasteiger partial charge in [0.25, 0.3) is 0 Å². The van der Waals surface area contributed by atoms with Gasteiger partial charge in [-0.05, 0) is 25.0 Å². The molecule has 6 heteroatoms. The molecule has 0 spiro atoms. The number of nitrogens with zero attached hydrogens (tertiary/aromatic N) is 2. The molecule has 0 saturated carbocycles. The number of hydrogen-bond acceptors (Lipinski definition) is 3. The molecule has 1 heterocycles. The highest BCUT2D eigenvalue weighted by atomic mass is 32.2. The van der Waals surface area contributed by atoms with Crippen molar-refractivity contribution in [3.8, 4) is 0 Å². The maximum Gasteiger partial charge on any atom is 0.227 e. The molecule has 1 aromatic rings. The quantitative estimate of drug-likeness (QED) is 0.834. The zero-order valence-corrected chi connectivity index (χ0v) is 13.4. The maximum atomic E-state index is 12.3. The largest absolute Gasteiger partial charge is 0.340 e. The van der Waals surface area contributed by atoms with Crippen LogP contribution in [0, 0.1) is 6.92 Å². The van der Waals surface area contributed by atoms with Gasteiger partial charge in [0, 0.05) is 26.2 Å². The summed E-state index contributed by atoms with van der Waals surface area (Å²) in [5, 5.41) is 0. The average molecular weight is 310 g/mol.